The van der Waals surface area contributed by atoms with E-state index in [9.17, 15) is 0 Å². The molecule has 0 atom stereocenters. The third-order valence-corrected chi connectivity index (χ3v) is 26.9. The van der Waals surface area contributed by atoms with Crippen LogP contribution >= 0.6 is 0 Å². The molecule has 0 unspecified atom stereocenters. The number of rotatable bonds is 10. The van der Waals surface area contributed by atoms with Crippen molar-refractivity contribution in [1.29, 1.82) is 0 Å². The Hall–Kier alpha value is -18.8. The Morgan fingerprint density at radius 1 is 0.130 bits per heavy atom. The van der Waals surface area contributed by atoms with Crippen molar-refractivity contribution in [2.75, 3.05) is 0 Å². The van der Waals surface area contributed by atoms with Gasteiger partial charge in [-0.25, -0.2) is 29.9 Å². The van der Waals surface area contributed by atoms with Gasteiger partial charge in [0.05, 0.1) is 50.2 Å². The van der Waals surface area contributed by atoms with Crippen molar-refractivity contribution in [3.8, 4) is 112 Å². The Morgan fingerprint density at radius 2 is 0.362 bits per heavy atom. The maximum absolute atomic E-state index is 5.53. The van der Waals surface area contributed by atoms with Gasteiger partial charge in [0, 0.05) is 181 Å². The fourth-order valence-electron chi connectivity index (χ4n) is 20.5. The number of benzene rings is 18. The minimum atomic E-state index is 0.619. The molecule has 0 saturated heterocycles. The highest BCUT2D eigenvalue weighted by Gasteiger charge is 2.25. The van der Waals surface area contributed by atoms with E-state index in [1.807, 2.05) is 147 Å². The molecular formula is C126H76N12. The van der Waals surface area contributed by atoms with E-state index in [-0.39, 0.29) is 0 Å². The second-order valence-corrected chi connectivity index (χ2v) is 34.8. The van der Waals surface area contributed by atoms with E-state index in [0.717, 1.165) is 209 Å². The van der Waals surface area contributed by atoms with Crippen molar-refractivity contribution in [2.24, 2.45) is 0 Å². The van der Waals surface area contributed by atoms with Crippen LogP contribution in [0.1, 0.15) is 0 Å². The Bertz CT molecular complexity index is 9210. The van der Waals surface area contributed by atoms with Gasteiger partial charge in [-0.2, -0.15) is 0 Å². The highest BCUT2D eigenvalue weighted by Crippen LogP contribution is 2.49. The van der Waals surface area contributed by atoms with Crippen molar-refractivity contribution in [3.05, 3.63) is 462 Å². The number of aromatic nitrogens is 12. The molecule has 0 radical (unpaired) electrons. The van der Waals surface area contributed by atoms with Crippen LogP contribution in [-0.4, -0.2) is 59.8 Å². The largest absolute Gasteiger partial charge is 0.264 e. The molecule has 28 aromatic rings. The van der Waals surface area contributed by atoms with E-state index in [1.165, 1.54) is 48.5 Å². The molecule has 10 aromatic heterocycles. The van der Waals surface area contributed by atoms with Crippen molar-refractivity contribution in [1.82, 2.24) is 59.8 Å². The van der Waals surface area contributed by atoms with Crippen LogP contribution in [0.15, 0.2) is 462 Å². The molecule has 0 aliphatic rings. The smallest absolute Gasteiger partial charge is 0.164 e. The van der Waals surface area contributed by atoms with Crippen molar-refractivity contribution >= 4 is 162 Å². The van der Waals surface area contributed by atoms with Crippen LogP contribution < -0.4 is 0 Å². The van der Waals surface area contributed by atoms with Crippen molar-refractivity contribution in [3.63, 3.8) is 0 Å². The summed E-state index contributed by atoms with van der Waals surface area (Å²) in [5.74, 6) is 1.90. The standard InChI is InChI=1S/C46H28N4.C45H27N5.C35H21N3/c1-3-13-39-37(11-1)38-12-2-4-14-40(38)46-42(39)43-41(20-19-30-8-7-23-49-45(30)43)44(50-46)31-17-15-29(16-18-31)34-24-35(32-9-5-21-47-27-32)26-36(25-34)33-10-6-22-48-28-33;1-3-12-30(13-4-1)43-48-44(31-14-5-2-6-15-31)50-45(49-43)32-23-21-29(22-24-32)40-37-26-25-28-16-11-27-46-41(28)39(37)38-35-19-9-7-17-33(35)34-18-8-10-20-36(34)42(38)47-40;1-3-11-28-26(9-1)27-10-2-4-12-29(27)35-31(28)32-30(18-17-23-7-6-20-37-34(23)32)33(38-35)24-15-13-22(14-16-24)25-8-5-19-36-21-25/h1-28H;1-27H;1-21H. The molecule has 0 N–H and O–H groups in total. The zero-order chi connectivity index (χ0) is 91.1. The Kier molecular flexibility index (Phi) is 19.6. The number of fused-ring (bicyclic) bond motifs is 30. The molecule has 0 saturated carbocycles. The van der Waals surface area contributed by atoms with Gasteiger partial charge in [-0.3, -0.25) is 29.9 Å². The van der Waals surface area contributed by atoms with E-state index in [0.29, 0.717) is 17.5 Å². The zero-order valence-electron chi connectivity index (χ0n) is 74.2. The lowest BCUT2D eigenvalue weighted by atomic mass is 9.90. The molecule has 28 rings (SSSR count). The molecule has 18 aromatic carbocycles. The third-order valence-electron chi connectivity index (χ3n) is 26.9. The molecular weight excluding hydrogens is 1680 g/mol. The van der Waals surface area contributed by atoms with E-state index in [2.05, 4.69) is 324 Å². The Morgan fingerprint density at radius 3 is 0.674 bits per heavy atom. The van der Waals surface area contributed by atoms with Gasteiger partial charge in [0.1, 0.15) is 0 Å². The first-order chi connectivity index (χ1) is 68.5. The van der Waals surface area contributed by atoms with Gasteiger partial charge < -0.3 is 0 Å². The normalized spacial score (nSPS) is 11.6. The molecule has 0 aliphatic carbocycles. The molecule has 12 heteroatoms. The van der Waals surface area contributed by atoms with Crippen LogP contribution in [0.2, 0.25) is 0 Å². The van der Waals surface area contributed by atoms with Gasteiger partial charge >= 0.3 is 0 Å². The first-order valence-electron chi connectivity index (χ1n) is 46.2. The fraction of sp³-hybridized carbons (Fsp3) is 0. The topological polar surface area (TPSA) is 155 Å². The molecule has 10 heterocycles. The molecule has 138 heavy (non-hydrogen) atoms. The van der Waals surface area contributed by atoms with Gasteiger partial charge in [-0.15, -0.1) is 0 Å². The summed E-state index contributed by atoms with van der Waals surface area (Å²) in [6.45, 7) is 0. The third kappa shape index (κ3) is 13.9. The Balaban J connectivity index is 0.000000108. The summed E-state index contributed by atoms with van der Waals surface area (Å²) < 4.78 is 0. The lowest BCUT2D eigenvalue weighted by molar-refractivity contribution is 1.07. The second kappa shape index (κ2) is 33.8. The molecule has 0 amide bonds. The highest BCUT2D eigenvalue weighted by atomic mass is 15.0. The number of hydrogen-bond donors (Lipinski definition) is 0. The van der Waals surface area contributed by atoms with Crippen LogP contribution in [0.5, 0.6) is 0 Å². The van der Waals surface area contributed by atoms with Gasteiger partial charge in [-0.1, -0.05) is 352 Å². The molecule has 0 fully saturated rings. The van der Waals surface area contributed by atoms with Crippen molar-refractivity contribution < 1.29 is 0 Å². The van der Waals surface area contributed by atoms with Gasteiger partial charge in [0.2, 0.25) is 0 Å². The summed E-state index contributed by atoms with van der Waals surface area (Å²) >= 11 is 0. The average Bonchev–Trinajstić information content (AvgIpc) is 0.717. The lowest BCUT2D eigenvalue weighted by Crippen LogP contribution is -2.00. The average molecular weight is 1760 g/mol. The predicted molar refractivity (Wildman–Crippen MR) is 570 cm³/mol. The fourth-order valence-corrected chi connectivity index (χ4v) is 20.5. The molecule has 0 bridgehead atoms. The summed E-state index contributed by atoms with van der Waals surface area (Å²) in [6.07, 6.45) is 16.8. The monoisotopic (exact) mass is 1760 g/mol. The van der Waals surface area contributed by atoms with E-state index >= 15 is 0 Å². The minimum absolute atomic E-state index is 0.619. The molecule has 0 aliphatic heterocycles. The highest BCUT2D eigenvalue weighted by molar-refractivity contribution is 6.38. The minimum Gasteiger partial charge on any atom is -0.264 e. The number of nitrogens with zero attached hydrogens (tertiary/aromatic N) is 12. The van der Waals surface area contributed by atoms with Gasteiger partial charge in [0.15, 0.2) is 17.5 Å². The molecule has 640 valence electrons. The molecule has 12 nitrogen and oxygen atoms in total. The van der Waals surface area contributed by atoms with Crippen LogP contribution in [0.3, 0.4) is 0 Å². The van der Waals surface area contributed by atoms with Gasteiger partial charge in [0.25, 0.3) is 0 Å². The SMILES string of the molecule is c1ccc(-c2nc(-c3ccccc3)nc(-c3ccc(-c4nc5c6ccccc6c6ccccc6c5c5c4ccc4cccnc45)cc3)n2)cc1.c1cncc(-c2cc(-c3ccc(-c4nc5c6ccccc6c6ccccc6c5c5c4ccc4cccnc45)cc3)cc(-c3cccnc3)c2)c1.c1cncc(-c2ccc(-c3nc4c5ccccc5c5ccccc5c4c4c3ccc3cccnc34)cc2)c1. The lowest BCUT2D eigenvalue weighted by Gasteiger charge is -2.16. The quantitative estimate of drug-likeness (QED) is 0.120. The van der Waals surface area contributed by atoms with Crippen LogP contribution in [0.25, 0.3) is 275 Å². The number of hydrogen-bond acceptors (Lipinski definition) is 12. The number of pyridine rings is 9. The van der Waals surface area contributed by atoms with E-state index < -0.39 is 0 Å². The zero-order valence-corrected chi connectivity index (χ0v) is 74.2. The van der Waals surface area contributed by atoms with Crippen LogP contribution in [-0.2, 0) is 0 Å². The maximum atomic E-state index is 5.53. The Labute approximate surface area is 791 Å². The van der Waals surface area contributed by atoms with Crippen LogP contribution in [0.4, 0.5) is 0 Å². The summed E-state index contributed by atoms with van der Waals surface area (Å²) in [6, 6.07) is 142. The summed E-state index contributed by atoms with van der Waals surface area (Å²) in [4.78, 5) is 59.1. The summed E-state index contributed by atoms with van der Waals surface area (Å²) in [5.41, 5.74) is 23.6. The van der Waals surface area contributed by atoms with Crippen LogP contribution in [0, 0.1) is 0 Å². The second-order valence-electron chi connectivity index (χ2n) is 34.8. The summed E-state index contributed by atoms with van der Waals surface area (Å²) in [7, 11) is 0. The first-order valence-corrected chi connectivity index (χ1v) is 46.2. The van der Waals surface area contributed by atoms with Crippen molar-refractivity contribution in [2.45, 2.75) is 0 Å². The maximum Gasteiger partial charge on any atom is 0.164 e. The van der Waals surface area contributed by atoms with E-state index in [1.54, 1.807) is 6.20 Å². The molecule has 0 spiro atoms. The first kappa shape index (κ1) is 80.1. The van der Waals surface area contributed by atoms with E-state index in [4.69, 9.17) is 44.9 Å². The summed E-state index contributed by atoms with van der Waals surface area (Å²) in [5, 5.41) is 27.7. The van der Waals surface area contributed by atoms with Gasteiger partial charge in [-0.05, 0) is 136 Å². The predicted octanol–water partition coefficient (Wildman–Crippen LogP) is 31.8.